The first-order chi connectivity index (χ1) is 10.7. The second-order valence-corrected chi connectivity index (χ2v) is 6.65. The van der Waals surface area contributed by atoms with Crippen LogP contribution in [0.15, 0.2) is 18.2 Å². The van der Waals surface area contributed by atoms with Gasteiger partial charge in [-0.2, -0.15) is 0 Å². The maximum Gasteiger partial charge on any atom is 0.225 e. The summed E-state index contributed by atoms with van der Waals surface area (Å²) >= 11 is 0. The van der Waals surface area contributed by atoms with E-state index in [1.54, 1.807) is 0 Å². The number of aromatic nitrogens is 1. The predicted molar refractivity (Wildman–Crippen MR) is 85.5 cm³/mol. The lowest BCUT2D eigenvalue weighted by atomic mass is 9.91. The standard InChI is InChI=1S/C18H26N2O2/c1-14-4-2-6-17(19-14)12-15-5-3-9-20(13-15)18(21)16-7-10-22-11-8-16/h2,4,6,15-16H,3,5,7-13H2,1H3/t15-/m1/s1. The Morgan fingerprint density at radius 3 is 2.91 bits per heavy atom. The summed E-state index contributed by atoms with van der Waals surface area (Å²) in [6, 6.07) is 6.21. The number of likely N-dealkylation sites (tertiary alicyclic amines) is 1. The summed E-state index contributed by atoms with van der Waals surface area (Å²) in [5, 5.41) is 0. The highest BCUT2D eigenvalue weighted by Gasteiger charge is 2.30. The van der Waals surface area contributed by atoms with Crippen molar-refractivity contribution in [1.29, 1.82) is 0 Å². The second-order valence-electron chi connectivity index (χ2n) is 6.65. The molecule has 0 N–H and O–H groups in total. The molecule has 2 saturated heterocycles. The minimum absolute atomic E-state index is 0.185. The van der Waals surface area contributed by atoms with Crippen molar-refractivity contribution in [3.63, 3.8) is 0 Å². The molecule has 3 rings (SSSR count). The molecule has 3 heterocycles. The third-order valence-electron chi connectivity index (χ3n) is 4.85. The fourth-order valence-electron chi connectivity index (χ4n) is 3.64. The zero-order valence-corrected chi connectivity index (χ0v) is 13.5. The van der Waals surface area contributed by atoms with Crippen LogP contribution >= 0.6 is 0 Å². The van der Waals surface area contributed by atoms with Crippen molar-refractivity contribution < 1.29 is 9.53 Å². The van der Waals surface area contributed by atoms with Gasteiger partial charge < -0.3 is 9.64 Å². The van der Waals surface area contributed by atoms with Crippen molar-refractivity contribution in [3.05, 3.63) is 29.6 Å². The summed E-state index contributed by atoms with van der Waals surface area (Å²) in [6.45, 7) is 5.33. The van der Waals surface area contributed by atoms with Crippen LogP contribution in [-0.2, 0) is 16.0 Å². The number of rotatable bonds is 3. The van der Waals surface area contributed by atoms with E-state index in [9.17, 15) is 4.79 Å². The topological polar surface area (TPSA) is 42.4 Å². The number of hydrogen-bond acceptors (Lipinski definition) is 3. The van der Waals surface area contributed by atoms with Gasteiger partial charge in [-0.25, -0.2) is 0 Å². The second kappa shape index (κ2) is 7.23. The van der Waals surface area contributed by atoms with E-state index >= 15 is 0 Å². The number of piperidine rings is 1. The number of nitrogens with zero attached hydrogens (tertiary/aromatic N) is 2. The van der Waals surface area contributed by atoms with Crippen LogP contribution in [-0.4, -0.2) is 42.1 Å². The van der Waals surface area contributed by atoms with Gasteiger partial charge in [0.15, 0.2) is 0 Å². The Bertz CT molecular complexity index is 512. The molecule has 4 heteroatoms. The van der Waals surface area contributed by atoms with Crippen LogP contribution in [0.1, 0.15) is 37.1 Å². The van der Waals surface area contributed by atoms with Gasteiger partial charge in [0.1, 0.15) is 0 Å². The highest BCUT2D eigenvalue weighted by molar-refractivity contribution is 5.79. The SMILES string of the molecule is Cc1cccc(C[C@H]2CCCN(C(=O)C3CCOCC3)C2)n1. The summed E-state index contributed by atoms with van der Waals surface area (Å²) in [4.78, 5) is 19.4. The summed E-state index contributed by atoms with van der Waals surface area (Å²) < 4.78 is 5.37. The van der Waals surface area contributed by atoms with E-state index in [0.717, 1.165) is 63.4 Å². The molecule has 22 heavy (non-hydrogen) atoms. The summed E-state index contributed by atoms with van der Waals surface area (Å²) in [7, 11) is 0. The number of carbonyl (C=O) groups is 1. The van der Waals surface area contributed by atoms with Crippen molar-refractivity contribution in [2.45, 2.75) is 39.0 Å². The van der Waals surface area contributed by atoms with E-state index in [1.165, 1.54) is 6.42 Å². The van der Waals surface area contributed by atoms with Crippen LogP contribution in [0.4, 0.5) is 0 Å². The molecule has 0 spiro atoms. The van der Waals surface area contributed by atoms with Crippen LogP contribution in [0.5, 0.6) is 0 Å². The normalized spacial score (nSPS) is 23.5. The number of carbonyl (C=O) groups excluding carboxylic acids is 1. The molecule has 1 amide bonds. The van der Waals surface area contributed by atoms with Gasteiger partial charge in [-0.3, -0.25) is 9.78 Å². The average molecular weight is 302 g/mol. The molecule has 1 aromatic heterocycles. The van der Waals surface area contributed by atoms with Gasteiger partial charge in [0.2, 0.25) is 5.91 Å². The van der Waals surface area contributed by atoms with E-state index in [0.29, 0.717) is 11.8 Å². The molecule has 2 aliphatic heterocycles. The number of amides is 1. The molecular formula is C18H26N2O2. The van der Waals surface area contributed by atoms with Gasteiger partial charge in [-0.1, -0.05) is 6.07 Å². The van der Waals surface area contributed by atoms with E-state index in [2.05, 4.69) is 22.0 Å². The lowest BCUT2D eigenvalue weighted by Crippen LogP contribution is -2.44. The molecule has 2 aliphatic rings. The Hall–Kier alpha value is -1.42. The van der Waals surface area contributed by atoms with Crippen LogP contribution < -0.4 is 0 Å². The van der Waals surface area contributed by atoms with E-state index < -0.39 is 0 Å². The first-order valence-electron chi connectivity index (χ1n) is 8.51. The lowest BCUT2D eigenvalue weighted by Gasteiger charge is -2.36. The van der Waals surface area contributed by atoms with Gasteiger partial charge >= 0.3 is 0 Å². The maximum absolute atomic E-state index is 12.7. The summed E-state index contributed by atoms with van der Waals surface area (Å²) in [6.07, 6.45) is 5.08. The van der Waals surface area contributed by atoms with Gasteiger partial charge in [0.25, 0.3) is 0 Å². The highest BCUT2D eigenvalue weighted by atomic mass is 16.5. The molecule has 2 fully saturated rings. The zero-order chi connectivity index (χ0) is 15.4. The maximum atomic E-state index is 12.7. The van der Waals surface area contributed by atoms with Gasteiger partial charge in [-0.15, -0.1) is 0 Å². The molecule has 0 bridgehead atoms. The molecule has 1 atom stereocenters. The molecule has 120 valence electrons. The highest BCUT2D eigenvalue weighted by Crippen LogP contribution is 2.24. The van der Waals surface area contributed by atoms with Crippen molar-refractivity contribution in [2.24, 2.45) is 11.8 Å². The van der Waals surface area contributed by atoms with Crippen LogP contribution in [0.3, 0.4) is 0 Å². The van der Waals surface area contributed by atoms with Gasteiger partial charge in [0, 0.05) is 43.6 Å². The Morgan fingerprint density at radius 2 is 2.14 bits per heavy atom. The minimum atomic E-state index is 0.185. The molecular weight excluding hydrogens is 276 g/mol. The predicted octanol–water partition coefficient (Wildman–Crippen LogP) is 2.60. The summed E-state index contributed by atoms with van der Waals surface area (Å²) in [5.41, 5.74) is 2.23. The first-order valence-corrected chi connectivity index (χ1v) is 8.51. The Balaban J connectivity index is 1.57. The molecule has 1 aromatic rings. The Morgan fingerprint density at radius 1 is 1.32 bits per heavy atom. The molecule has 0 unspecified atom stereocenters. The van der Waals surface area contributed by atoms with Gasteiger partial charge in [-0.05, 0) is 57.1 Å². The third kappa shape index (κ3) is 3.86. The number of aryl methyl sites for hydroxylation is 1. The number of ether oxygens (including phenoxy) is 1. The third-order valence-corrected chi connectivity index (χ3v) is 4.85. The van der Waals surface area contributed by atoms with Crippen LogP contribution in [0, 0.1) is 18.8 Å². The Labute approximate surface area is 132 Å². The minimum Gasteiger partial charge on any atom is -0.381 e. The quantitative estimate of drug-likeness (QED) is 0.862. The van der Waals surface area contributed by atoms with Gasteiger partial charge in [0.05, 0.1) is 0 Å². The molecule has 0 saturated carbocycles. The van der Waals surface area contributed by atoms with E-state index in [1.807, 2.05) is 13.0 Å². The zero-order valence-electron chi connectivity index (χ0n) is 13.5. The fourth-order valence-corrected chi connectivity index (χ4v) is 3.64. The van der Waals surface area contributed by atoms with Crippen molar-refractivity contribution in [1.82, 2.24) is 9.88 Å². The molecule has 0 radical (unpaired) electrons. The molecule has 0 aromatic carbocycles. The average Bonchev–Trinajstić information content (AvgIpc) is 2.55. The monoisotopic (exact) mass is 302 g/mol. The van der Waals surface area contributed by atoms with E-state index in [4.69, 9.17) is 4.74 Å². The largest absolute Gasteiger partial charge is 0.381 e. The van der Waals surface area contributed by atoms with Crippen LogP contribution in [0.2, 0.25) is 0 Å². The summed E-state index contributed by atoms with van der Waals surface area (Å²) in [5.74, 6) is 1.08. The fraction of sp³-hybridized carbons (Fsp3) is 0.667. The lowest BCUT2D eigenvalue weighted by molar-refractivity contribution is -0.140. The Kier molecular flexibility index (Phi) is 5.08. The smallest absolute Gasteiger partial charge is 0.225 e. The van der Waals surface area contributed by atoms with Crippen molar-refractivity contribution in [2.75, 3.05) is 26.3 Å². The number of hydrogen-bond donors (Lipinski definition) is 0. The van der Waals surface area contributed by atoms with Crippen LogP contribution in [0.25, 0.3) is 0 Å². The van der Waals surface area contributed by atoms with Crippen molar-refractivity contribution >= 4 is 5.91 Å². The first kappa shape index (κ1) is 15.5. The van der Waals surface area contributed by atoms with Crippen molar-refractivity contribution in [3.8, 4) is 0 Å². The molecule has 0 aliphatic carbocycles. The molecule has 4 nitrogen and oxygen atoms in total. The number of pyridine rings is 1. The van der Waals surface area contributed by atoms with E-state index in [-0.39, 0.29) is 5.92 Å².